The maximum absolute atomic E-state index is 6.22. The van der Waals surface area contributed by atoms with Crippen molar-refractivity contribution in [2.45, 2.75) is 20.4 Å². The number of nitrogens with one attached hydrogen (secondary N) is 1. The SMILES string of the molecule is Cc1ccc(NCc2ccc(-c3ccc(Cl)cc3Cl)o2)cc1C. The van der Waals surface area contributed by atoms with Crippen molar-refractivity contribution in [3.05, 3.63) is 75.5 Å². The van der Waals surface area contributed by atoms with E-state index >= 15 is 0 Å². The van der Waals surface area contributed by atoms with Crippen molar-refractivity contribution >= 4 is 28.9 Å². The number of aryl methyl sites for hydroxylation is 2. The molecule has 23 heavy (non-hydrogen) atoms. The zero-order valence-electron chi connectivity index (χ0n) is 13.0. The zero-order chi connectivity index (χ0) is 16.4. The zero-order valence-corrected chi connectivity index (χ0v) is 14.5. The number of rotatable bonds is 4. The van der Waals surface area contributed by atoms with E-state index in [4.69, 9.17) is 27.6 Å². The van der Waals surface area contributed by atoms with Crippen LogP contribution in [0.4, 0.5) is 5.69 Å². The van der Waals surface area contributed by atoms with Crippen molar-refractivity contribution in [3.8, 4) is 11.3 Å². The van der Waals surface area contributed by atoms with Gasteiger partial charge in [0.25, 0.3) is 0 Å². The van der Waals surface area contributed by atoms with Crippen LogP contribution in [-0.2, 0) is 6.54 Å². The third kappa shape index (κ3) is 3.72. The molecular weight excluding hydrogens is 329 g/mol. The average Bonchev–Trinajstić information content (AvgIpc) is 2.97. The van der Waals surface area contributed by atoms with Crippen molar-refractivity contribution in [2.75, 3.05) is 5.32 Å². The summed E-state index contributed by atoms with van der Waals surface area (Å²) in [6.45, 7) is 4.83. The van der Waals surface area contributed by atoms with Crippen LogP contribution in [0.15, 0.2) is 52.9 Å². The van der Waals surface area contributed by atoms with Crippen LogP contribution in [0, 0.1) is 13.8 Å². The molecule has 0 radical (unpaired) electrons. The molecular formula is C19H17Cl2NO. The molecule has 2 nitrogen and oxygen atoms in total. The molecule has 0 unspecified atom stereocenters. The smallest absolute Gasteiger partial charge is 0.135 e. The summed E-state index contributed by atoms with van der Waals surface area (Å²) in [7, 11) is 0. The third-order valence-corrected chi connectivity index (χ3v) is 4.38. The van der Waals surface area contributed by atoms with Crippen molar-refractivity contribution in [1.82, 2.24) is 0 Å². The summed E-state index contributed by atoms with van der Waals surface area (Å²) in [6.07, 6.45) is 0. The second kappa shape index (κ2) is 6.69. The minimum atomic E-state index is 0.584. The highest BCUT2D eigenvalue weighted by Gasteiger charge is 2.09. The van der Waals surface area contributed by atoms with Crippen LogP contribution in [0.3, 0.4) is 0 Å². The predicted octanol–water partition coefficient (Wildman–Crippen LogP) is 6.48. The van der Waals surface area contributed by atoms with Crippen LogP contribution in [0.5, 0.6) is 0 Å². The monoisotopic (exact) mass is 345 g/mol. The van der Waals surface area contributed by atoms with Gasteiger partial charge in [-0.05, 0) is 67.4 Å². The van der Waals surface area contributed by atoms with Gasteiger partial charge in [0.05, 0.1) is 11.6 Å². The molecule has 4 heteroatoms. The van der Waals surface area contributed by atoms with Crippen LogP contribution < -0.4 is 5.32 Å². The normalized spacial score (nSPS) is 10.8. The lowest BCUT2D eigenvalue weighted by Crippen LogP contribution is -1.98. The largest absolute Gasteiger partial charge is 0.459 e. The number of hydrogen-bond donors (Lipinski definition) is 1. The Morgan fingerprint density at radius 1 is 0.913 bits per heavy atom. The second-order valence-electron chi connectivity index (χ2n) is 5.54. The first-order valence-electron chi connectivity index (χ1n) is 7.38. The molecule has 0 saturated carbocycles. The summed E-state index contributed by atoms with van der Waals surface area (Å²) in [4.78, 5) is 0. The Balaban J connectivity index is 1.73. The highest BCUT2D eigenvalue weighted by Crippen LogP contribution is 2.31. The third-order valence-electron chi connectivity index (χ3n) is 3.83. The van der Waals surface area contributed by atoms with E-state index in [1.807, 2.05) is 18.2 Å². The first-order valence-corrected chi connectivity index (χ1v) is 8.14. The molecule has 0 aliphatic heterocycles. The van der Waals surface area contributed by atoms with Crippen LogP contribution >= 0.6 is 23.2 Å². The fourth-order valence-electron chi connectivity index (χ4n) is 2.35. The average molecular weight is 346 g/mol. The Kier molecular flexibility index (Phi) is 4.65. The van der Waals surface area contributed by atoms with Gasteiger partial charge >= 0.3 is 0 Å². The fraction of sp³-hybridized carbons (Fsp3) is 0.158. The Morgan fingerprint density at radius 3 is 2.48 bits per heavy atom. The molecule has 118 valence electrons. The van der Waals surface area contributed by atoms with Crippen molar-refractivity contribution in [2.24, 2.45) is 0 Å². The molecule has 0 amide bonds. The van der Waals surface area contributed by atoms with Crippen LogP contribution in [0.25, 0.3) is 11.3 Å². The van der Waals surface area contributed by atoms with Gasteiger partial charge in [-0.25, -0.2) is 0 Å². The van der Waals surface area contributed by atoms with Gasteiger partial charge in [-0.1, -0.05) is 29.3 Å². The first kappa shape index (κ1) is 16.0. The number of hydrogen-bond acceptors (Lipinski definition) is 2. The van der Waals surface area contributed by atoms with E-state index in [-0.39, 0.29) is 0 Å². The van der Waals surface area contributed by atoms with Crippen molar-refractivity contribution < 1.29 is 4.42 Å². The van der Waals surface area contributed by atoms with Gasteiger partial charge in [0, 0.05) is 16.3 Å². The summed E-state index contributed by atoms with van der Waals surface area (Å²) in [5.74, 6) is 1.59. The number of anilines is 1. The van der Waals surface area contributed by atoms with Gasteiger partial charge in [-0.15, -0.1) is 0 Å². The molecule has 0 saturated heterocycles. The Morgan fingerprint density at radius 2 is 1.74 bits per heavy atom. The van der Waals surface area contributed by atoms with Gasteiger partial charge in [0.2, 0.25) is 0 Å². The van der Waals surface area contributed by atoms with E-state index in [1.165, 1.54) is 11.1 Å². The van der Waals surface area contributed by atoms with Gasteiger partial charge in [0.1, 0.15) is 11.5 Å². The van der Waals surface area contributed by atoms with E-state index in [2.05, 4.69) is 37.4 Å². The quantitative estimate of drug-likeness (QED) is 0.585. The second-order valence-corrected chi connectivity index (χ2v) is 6.39. The van der Waals surface area contributed by atoms with Gasteiger partial charge in [0.15, 0.2) is 0 Å². The molecule has 0 fully saturated rings. The Hall–Kier alpha value is -1.90. The molecule has 1 aromatic heterocycles. The topological polar surface area (TPSA) is 25.2 Å². The minimum absolute atomic E-state index is 0.584. The summed E-state index contributed by atoms with van der Waals surface area (Å²) in [6, 6.07) is 15.6. The molecule has 2 aromatic carbocycles. The van der Waals surface area contributed by atoms with Gasteiger partial charge in [-0.2, -0.15) is 0 Å². The molecule has 3 rings (SSSR count). The molecule has 0 bridgehead atoms. The number of furan rings is 1. The predicted molar refractivity (Wildman–Crippen MR) is 97.4 cm³/mol. The van der Waals surface area contributed by atoms with Crippen molar-refractivity contribution in [1.29, 1.82) is 0 Å². The lowest BCUT2D eigenvalue weighted by Gasteiger charge is -2.07. The highest BCUT2D eigenvalue weighted by molar-refractivity contribution is 6.36. The molecule has 1 heterocycles. The summed E-state index contributed by atoms with van der Waals surface area (Å²) in [5, 5.41) is 4.57. The van der Waals surface area contributed by atoms with E-state index in [1.54, 1.807) is 12.1 Å². The Labute approximate surface area is 146 Å². The molecule has 1 N–H and O–H groups in total. The number of benzene rings is 2. The van der Waals surface area contributed by atoms with Crippen LogP contribution in [0.2, 0.25) is 10.0 Å². The summed E-state index contributed by atoms with van der Waals surface area (Å²) < 4.78 is 5.88. The van der Waals surface area contributed by atoms with E-state index in [0.717, 1.165) is 22.8 Å². The lowest BCUT2D eigenvalue weighted by molar-refractivity contribution is 0.531. The van der Waals surface area contributed by atoms with E-state index < -0.39 is 0 Å². The molecule has 0 spiro atoms. The van der Waals surface area contributed by atoms with Crippen molar-refractivity contribution in [3.63, 3.8) is 0 Å². The standard InChI is InChI=1S/C19H17Cl2NO/c1-12-3-5-15(9-13(12)2)22-11-16-6-8-19(23-16)17-7-4-14(20)10-18(17)21/h3-10,22H,11H2,1-2H3. The lowest BCUT2D eigenvalue weighted by atomic mass is 10.1. The molecule has 0 aliphatic rings. The van der Waals surface area contributed by atoms with E-state index in [9.17, 15) is 0 Å². The minimum Gasteiger partial charge on any atom is -0.459 e. The van der Waals surface area contributed by atoms with Gasteiger partial charge < -0.3 is 9.73 Å². The maximum atomic E-state index is 6.22. The maximum Gasteiger partial charge on any atom is 0.135 e. The van der Waals surface area contributed by atoms with Crippen LogP contribution in [-0.4, -0.2) is 0 Å². The van der Waals surface area contributed by atoms with E-state index in [0.29, 0.717) is 16.6 Å². The van der Waals surface area contributed by atoms with Gasteiger partial charge in [-0.3, -0.25) is 0 Å². The molecule has 0 aliphatic carbocycles. The summed E-state index contributed by atoms with van der Waals surface area (Å²) >= 11 is 12.1. The van der Waals surface area contributed by atoms with Crippen LogP contribution in [0.1, 0.15) is 16.9 Å². The molecule has 0 atom stereocenters. The molecule has 3 aromatic rings. The first-order chi connectivity index (χ1) is 11.0. The highest BCUT2D eigenvalue weighted by atomic mass is 35.5. The summed E-state index contributed by atoms with van der Waals surface area (Å²) in [5.41, 5.74) is 4.47. The number of halogens is 2. The Bertz CT molecular complexity index is 839. The fourth-order valence-corrected chi connectivity index (χ4v) is 2.85.